The molecule has 0 aliphatic heterocycles. The van der Waals surface area contributed by atoms with Crippen LogP contribution in [0.25, 0.3) is 0 Å². The van der Waals surface area contributed by atoms with Gasteiger partial charge >= 0.3 is 0 Å². The van der Waals surface area contributed by atoms with Gasteiger partial charge in [-0.3, -0.25) is 13.9 Å². The van der Waals surface area contributed by atoms with Gasteiger partial charge in [-0.15, -0.1) is 0 Å². The summed E-state index contributed by atoms with van der Waals surface area (Å²) < 4.78 is 26.6. The molecule has 10 heteroatoms. The third-order valence-corrected chi connectivity index (χ3v) is 8.47. The number of nitrogens with zero attached hydrogens (tertiary/aromatic N) is 2. The predicted molar refractivity (Wildman–Crippen MR) is 156 cm³/mol. The number of rotatable bonds is 14. The molecule has 7 nitrogen and oxygen atoms in total. The molecule has 1 atom stereocenters. The predicted octanol–water partition coefficient (Wildman–Crippen LogP) is 5.88. The molecular formula is C28H39Cl2N3O4S. The topological polar surface area (TPSA) is 86.8 Å². The lowest BCUT2D eigenvalue weighted by atomic mass is 10.1. The number of halogens is 2. The lowest BCUT2D eigenvalue weighted by molar-refractivity contribution is -0.141. The van der Waals surface area contributed by atoms with Crippen LogP contribution in [0.2, 0.25) is 10.0 Å². The molecule has 0 saturated heterocycles. The summed E-state index contributed by atoms with van der Waals surface area (Å²) in [4.78, 5) is 28.1. The Labute approximate surface area is 237 Å². The van der Waals surface area contributed by atoms with Crippen molar-refractivity contribution in [3.63, 3.8) is 0 Å². The van der Waals surface area contributed by atoms with Crippen LogP contribution >= 0.6 is 23.2 Å². The average molecular weight is 585 g/mol. The number of benzene rings is 2. The zero-order chi connectivity index (χ0) is 28.5. The molecule has 0 radical (unpaired) electrons. The second kappa shape index (κ2) is 14.8. The first-order valence-corrected chi connectivity index (χ1v) is 15.6. The number of carbonyl (C=O) groups excluding carboxylic acids is 2. The number of carbonyl (C=O) groups is 2. The summed E-state index contributed by atoms with van der Waals surface area (Å²) in [5.74, 6) is -0.439. The van der Waals surface area contributed by atoms with Gasteiger partial charge in [-0.1, -0.05) is 61.7 Å². The van der Waals surface area contributed by atoms with Gasteiger partial charge in [0.1, 0.15) is 6.04 Å². The molecule has 0 aromatic heterocycles. The van der Waals surface area contributed by atoms with Crippen molar-refractivity contribution >= 4 is 50.7 Å². The van der Waals surface area contributed by atoms with E-state index >= 15 is 0 Å². The molecule has 0 bridgehead atoms. The Balaban J connectivity index is 2.26. The lowest BCUT2D eigenvalue weighted by Gasteiger charge is -2.31. The van der Waals surface area contributed by atoms with Gasteiger partial charge in [-0.2, -0.15) is 0 Å². The van der Waals surface area contributed by atoms with E-state index in [0.29, 0.717) is 35.1 Å². The van der Waals surface area contributed by atoms with Gasteiger partial charge in [0.2, 0.25) is 21.8 Å². The monoisotopic (exact) mass is 583 g/mol. The van der Waals surface area contributed by atoms with Crippen molar-refractivity contribution in [2.45, 2.75) is 72.4 Å². The second-order valence-electron chi connectivity index (χ2n) is 9.50. The van der Waals surface area contributed by atoms with Crippen molar-refractivity contribution in [2.24, 2.45) is 0 Å². The Hall–Kier alpha value is -2.29. The third kappa shape index (κ3) is 8.89. The molecule has 210 valence electrons. The molecule has 1 unspecified atom stereocenters. The number of anilines is 1. The number of aryl methyl sites for hydroxylation is 1. The Morgan fingerprint density at radius 1 is 1.03 bits per heavy atom. The number of hydrogen-bond donors (Lipinski definition) is 1. The molecular weight excluding hydrogens is 545 g/mol. The number of nitrogens with one attached hydrogen (secondary N) is 1. The van der Waals surface area contributed by atoms with Gasteiger partial charge in [-0.05, 0) is 68.0 Å². The van der Waals surface area contributed by atoms with Gasteiger partial charge in [0.25, 0.3) is 0 Å². The van der Waals surface area contributed by atoms with Crippen molar-refractivity contribution in [2.75, 3.05) is 23.7 Å². The quantitative estimate of drug-likeness (QED) is 0.281. The Morgan fingerprint density at radius 2 is 1.74 bits per heavy atom. The van der Waals surface area contributed by atoms with Crippen molar-refractivity contribution in [3.8, 4) is 0 Å². The molecule has 2 aromatic carbocycles. The Morgan fingerprint density at radius 3 is 2.34 bits per heavy atom. The summed E-state index contributed by atoms with van der Waals surface area (Å²) in [5.41, 5.74) is 3.22. The first kappa shape index (κ1) is 31.9. The smallest absolute Gasteiger partial charge is 0.242 e. The van der Waals surface area contributed by atoms with Gasteiger partial charge in [0, 0.05) is 26.1 Å². The van der Waals surface area contributed by atoms with Crippen LogP contribution in [0.5, 0.6) is 0 Å². The van der Waals surface area contributed by atoms with E-state index in [4.69, 9.17) is 23.2 Å². The molecule has 1 N–H and O–H groups in total. The fourth-order valence-electron chi connectivity index (χ4n) is 4.25. The van der Waals surface area contributed by atoms with E-state index in [9.17, 15) is 18.0 Å². The minimum Gasteiger partial charge on any atom is -0.354 e. The lowest BCUT2D eigenvalue weighted by Crippen LogP contribution is -2.49. The molecule has 0 aliphatic carbocycles. The van der Waals surface area contributed by atoms with E-state index in [1.807, 2.05) is 39.8 Å². The highest BCUT2D eigenvalue weighted by Crippen LogP contribution is 2.26. The first-order chi connectivity index (χ1) is 17.9. The molecule has 0 aliphatic rings. The molecule has 0 fully saturated rings. The highest BCUT2D eigenvalue weighted by Gasteiger charge is 2.29. The fraction of sp³-hybridized carbons (Fsp3) is 0.500. The van der Waals surface area contributed by atoms with E-state index < -0.39 is 16.1 Å². The normalized spacial score (nSPS) is 12.2. The molecule has 2 aromatic rings. The van der Waals surface area contributed by atoms with E-state index in [-0.39, 0.29) is 31.3 Å². The summed E-state index contributed by atoms with van der Waals surface area (Å²) in [5, 5.41) is 3.71. The summed E-state index contributed by atoms with van der Waals surface area (Å²) in [6.45, 7) is 8.60. The van der Waals surface area contributed by atoms with Crippen LogP contribution in [0, 0.1) is 13.8 Å². The second-order valence-corrected chi connectivity index (χ2v) is 12.2. The van der Waals surface area contributed by atoms with E-state index in [1.165, 1.54) is 10.6 Å². The third-order valence-electron chi connectivity index (χ3n) is 6.55. The minimum atomic E-state index is -3.56. The number of amides is 2. The number of sulfonamides is 1. The van der Waals surface area contributed by atoms with Crippen molar-refractivity contribution in [1.29, 1.82) is 0 Å². The van der Waals surface area contributed by atoms with Crippen LogP contribution in [0.1, 0.15) is 62.6 Å². The molecule has 38 heavy (non-hydrogen) atoms. The largest absolute Gasteiger partial charge is 0.354 e. The van der Waals surface area contributed by atoms with Gasteiger partial charge in [0.05, 0.1) is 22.0 Å². The van der Waals surface area contributed by atoms with Crippen molar-refractivity contribution in [3.05, 3.63) is 63.1 Å². The molecule has 2 rings (SSSR count). The van der Waals surface area contributed by atoms with Crippen LogP contribution in [0.3, 0.4) is 0 Å². The van der Waals surface area contributed by atoms with Crippen molar-refractivity contribution < 1.29 is 18.0 Å². The fourth-order valence-corrected chi connectivity index (χ4v) is 5.59. The van der Waals surface area contributed by atoms with Gasteiger partial charge < -0.3 is 10.2 Å². The van der Waals surface area contributed by atoms with Crippen LogP contribution < -0.4 is 9.62 Å². The molecule has 0 heterocycles. The van der Waals surface area contributed by atoms with Gasteiger partial charge in [-0.25, -0.2) is 8.42 Å². The van der Waals surface area contributed by atoms with E-state index in [0.717, 1.165) is 29.5 Å². The van der Waals surface area contributed by atoms with Crippen LogP contribution in [-0.4, -0.2) is 50.5 Å². The number of unbranched alkanes of at least 4 members (excludes halogenated alkanes) is 1. The maximum absolute atomic E-state index is 13.5. The molecule has 0 spiro atoms. The van der Waals surface area contributed by atoms with Gasteiger partial charge in [0.15, 0.2) is 0 Å². The highest BCUT2D eigenvalue weighted by atomic mass is 35.5. The summed E-state index contributed by atoms with van der Waals surface area (Å²) in [6.07, 6.45) is 3.77. The molecule has 2 amide bonds. The zero-order valence-electron chi connectivity index (χ0n) is 22.9. The maximum atomic E-state index is 13.5. The summed E-state index contributed by atoms with van der Waals surface area (Å²) >= 11 is 12.3. The van der Waals surface area contributed by atoms with Crippen LogP contribution in [0.4, 0.5) is 5.69 Å². The SMILES string of the molecule is CCCCNC(=O)C(CC)N(Cc1ccc(Cl)c(Cl)c1)C(=O)CCCN(c1cccc(C)c1C)S(C)(=O)=O. The zero-order valence-corrected chi connectivity index (χ0v) is 25.2. The highest BCUT2D eigenvalue weighted by molar-refractivity contribution is 7.92. The van der Waals surface area contributed by atoms with Crippen molar-refractivity contribution in [1.82, 2.24) is 10.2 Å². The number of hydrogen-bond acceptors (Lipinski definition) is 4. The summed E-state index contributed by atoms with van der Waals surface area (Å²) in [7, 11) is -3.56. The Kier molecular flexibility index (Phi) is 12.4. The maximum Gasteiger partial charge on any atom is 0.242 e. The average Bonchev–Trinajstić information content (AvgIpc) is 2.85. The standard InChI is InChI=1S/C28H39Cl2N3O4S/c1-6-8-16-31-28(35)25(7-2)32(19-22-14-15-23(29)24(30)18-22)27(34)13-10-17-33(38(5,36)37)26-12-9-11-20(3)21(26)4/h9,11-12,14-15,18,25H,6-8,10,13,16-17,19H2,1-5H3,(H,31,35). The van der Waals surface area contributed by atoms with Crippen LogP contribution in [0.15, 0.2) is 36.4 Å². The molecule has 0 saturated carbocycles. The van der Waals surface area contributed by atoms with Crippen LogP contribution in [-0.2, 0) is 26.2 Å². The van der Waals surface area contributed by atoms with E-state index in [1.54, 1.807) is 29.2 Å². The minimum absolute atomic E-state index is 0.0803. The summed E-state index contributed by atoms with van der Waals surface area (Å²) in [6, 6.07) is 10.00. The Bertz CT molecular complexity index is 1220. The first-order valence-electron chi connectivity index (χ1n) is 13.0. The van der Waals surface area contributed by atoms with E-state index in [2.05, 4.69) is 5.32 Å².